The average molecular weight is 138 g/mol. The summed E-state index contributed by atoms with van der Waals surface area (Å²) >= 11 is 0. The fraction of sp³-hybridized carbons (Fsp3) is 0.667. The Morgan fingerprint density at radius 2 is 2.40 bits per heavy atom. The van der Waals surface area contributed by atoms with Crippen molar-refractivity contribution < 1.29 is 4.79 Å². The summed E-state index contributed by atoms with van der Waals surface area (Å²) in [5.41, 5.74) is 1.44. The Balaban J connectivity index is 2.63. The Kier molecular flexibility index (Phi) is 2.25. The predicted molar refractivity (Wildman–Crippen MR) is 41.7 cm³/mol. The van der Waals surface area contributed by atoms with Crippen molar-refractivity contribution in [2.75, 3.05) is 0 Å². The van der Waals surface area contributed by atoms with Crippen LogP contribution >= 0.6 is 0 Å². The van der Waals surface area contributed by atoms with Gasteiger partial charge in [0.15, 0.2) is 0 Å². The molecule has 0 aromatic heterocycles. The number of allylic oxidation sites excluding steroid dienone is 2. The third kappa shape index (κ3) is 1.47. The fourth-order valence-electron chi connectivity index (χ4n) is 1.50. The van der Waals surface area contributed by atoms with Gasteiger partial charge in [-0.1, -0.05) is 18.6 Å². The van der Waals surface area contributed by atoms with E-state index in [0.29, 0.717) is 5.92 Å². The van der Waals surface area contributed by atoms with Crippen LogP contribution in [0.3, 0.4) is 0 Å². The number of rotatable bonds is 1. The molecule has 0 fully saturated rings. The van der Waals surface area contributed by atoms with Gasteiger partial charge >= 0.3 is 0 Å². The van der Waals surface area contributed by atoms with Gasteiger partial charge in [-0.15, -0.1) is 0 Å². The van der Waals surface area contributed by atoms with E-state index in [2.05, 4.69) is 19.9 Å². The molecule has 0 heterocycles. The van der Waals surface area contributed by atoms with Crippen molar-refractivity contribution >= 4 is 6.29 Å². The van der Waals surface area contributed by atoms with Crippen LogP contribution in [0.4, 0.5) is 0 Å². The number of carbonyl (C=O) groups excluding carboxylic acids is 1. The van der Waals surface area contributed by atoms with Crippen molar-refractivity contribution in [1.29, 1.82) is 0 Å². The predicted octanol–water partition coefficient (Wildman–Crippen LogP) is 2.18. The second-order valence-corrected chi connectivity index (χ2v) is 3.21. The highest BCUT2D eigenvalue weighted by atomic mass is 16.1. The van der Waals surface area contributed by atoms with Gasteiger partial charge in [-0.3, -0.25) is 0 Å². The normalized spacial score (nSPS) is 33.2. The number of hydrogen-bond acceptors (Lipinski definition) is 1. The summed E-state index contributed by atoms with van der Waals surface area (Å²) < 4.78 is 0. The first-order chi connectivity index (χ1) is 4.74. The molecule has 0 unspecified atom stereocenters. The van der Waals surface area contributed by atoms with Gasteiger partial charge in [0.25, 0.3) is 0 Å². The minimum atomic E-state index is 0.281. The van der Waals surface area contributed by atoms with Crippen molar-refractivity contribution in [1.82, 2.24) is 0 Å². The van der Waals surface area contributed by atoms with E-state index < -0.39 is 0 Å². The zero-order chi connectivity index (χ0) is 7.56. The highest BCUT2D eigenvalue weighted by molar-refractivity contribution is 5.55. The molecular weight excluding hydrogens is 124 g/mol. The van der Waals surface area contributed by atoms with Crippen molar-refractivity contribution in [2.45, 2.75) is 26.7 Å². The lowest BCUT2D eigenvalue weighted by atomic mass is 9.83. The van der Waals surface area contributed by atoms with E-state index in [1.54, 1.807) is 0 Å². The van der Waals surface area contributed by atoms with E-state index >= 15 is 0 Å². The van der Waals surface area contributed by atoms with E-state index in [0.717, 1.165) is 19.1 Å². The van der Waals surface area contributed by atoms with Gasteiger partial charge in [0, 0.05) is 5.92 Å². The molecule has 56 valence electrons. The first kappa shape index (κ1) is 7.52. The number of aldehydes is 1. The zero-order valence-corrected chi connectivity index (χ0v) is 6.63. The van der Waals surface area contributed by atoms with Crippen LogP contribution in [0.5, 0.6) is 0 Å². The molecule has 0 aromatic carbocycles. The first-order valence-electron chi connectivity index (χ1n) is 3.86. The minimum Gasteiger partial charge on any atom is -0.303 e. The molecule has 0 N–H and O–H groups in total. The standard InChI is InChI=1S/C9H14O/c1-7-3-4-9(6-10)8(2)5-7/h5-6,8-9H,3-4H2,1-2H3/t8-,9-/m0/s1. The SMILES string of the molecule is CC1=C[C@H](C)[C@H](C=O)CC1. The molecule has 1 aliphatic carbocycles. The molecule has 0 spiro atoms. The molecule has 0 radical (unpaired) electrons. The topological polar surface area (TPSA) is 17.1 Å². The Morgan fingerprint density at radius 1 is 1.70 bits per heavy atom. The van der Waals surface area contributed by atoms with Gasteiger partial charge < -0.3 is 4.79 Å². The van der Waals surface area contributed by atoms with Gasteiger partial charge in [0.2, 0.25) is 0 Å². The second kappa shape index (κ2) is 3.00. The molecular formula is C9H14O. The smallest absolute Gasteiger partial charge is 0.123 e. The van der Waals surface area contributed by atoms with Crippen molar-refractivity contribution in [3.8, 4) is 0 Å². The molecule has 0 aliphatic heterocycles. The Bertz CT molecular complexity index is 158. The van der Waals surface area contributed by atoms with Crippen molar-refractivity contribution in [3.63, 3.8) is 0 Å². The monoisotopic (exact) mass is 138 g/mol. The van der Waals surface area contributed by atoms with Crippen LogP contribution in [0.15, 0.2) is 11.6 Å². The summed E-state index contributed by atoms with van der Waals surface area (Å²) in [7, 11) is 0. The molecule has 0 aromatic rings. The molecule has 0 saturated carbocycles. The van der Waals surface area contributed by atoms with E-state index in [-0.39, 0.29) is 5.92 Å². The molecule has 0 amide bonds. The summed E-state index contributed by atoms with van der Waals surface area (Å²) in [6.07, 6.45) is 5.46. The maximum absolute atomic E-state index is 10.4. The van der Waals surface area contributed by atoms with E-state index in [9.17, 15) is 4.79 Å². The summed E-state index contributed by atoms with van der Waals surface area (Å²) in [5, 5.41) is 0. The molecule has 1 nitrogen and oxygen atoms in total. The van der Waals surface area contributed by atoms with Gasteiger partial charge in [-0.25, -0.2) is 0 Å². The van der Waals surface area contributed by atoms with E-state index in [4.69, 9.17) is 0 Å². The highest BCUT2D eigenvalue weighted by Gasteiger charge is 2.18. The van der Waals surface area contributed by atoms with Crippen molar-refractivity contribution in [3.05, 3.63) is 11.6 Å². The average Bonchev–Trinajstić information content (AvgIpc) is 1.88. The Hall–Kier alpha value is -0.590. The quantitative estimate of drug-likeness (QED) is 0.401. The van der Waals surface area contributed by atoms with E-state index in [1.165, 1.54) is 5.57 Å². The van der Waals surface area contributed by atoms with Gasteiger partial charge in [0.1, 0.15) is 6.29 Å². The van der Waals surface area contributed by atoms with Crippen LogP contribution < -0.4 is 0 Å². The van der Waals surface area contributed by atoms with Crippen LogP contribution in [0.25, 0.3) is 0 Å². The molecule has 1 heteroatoms. The van der Waals surface area contributed by atoms with Crippen LogP contribution in [0.2, 0.25) is 0 Å². The second-order valence-electron chi connectivity index (χ2n) is 3.21. The molecule has 0 bridgehead atoms. The maximum Gasteiger partial charge on any atom is 0.123 e. The highest BCUT2D eigenvalue weighted by Crippen LogP contribution is 2.26. The first-order valence-corrected chi connectivity index (χ1v) is 3.86. The lowest BCUT2D eigenvalue weighted by Crippen LogP contribution is -2.15. The molecule has 10 heavy (non-hydrogen) atoms. The summed E-state index contributed by atoms with van der Waals surface area (Å²) in [4.78, 5) is 10.4. The van der Waals surface area contributed by atoms with Crippen LogP contribution in [0, 0.1) is 11.8 Å². The van der Waals surface area contributed by atoms with Crippen LogP contribution in [-0.4, -0.2) is 6.29 Å². The molecule has 1 aliphatic rings. The summed E-state index contributed by atoms with van der Waals surface area (Å²) in [6.45, 7) is 4.25. The summed E-state index contributed by atoms with van der Waals surface area (Å²) in [5.74, 6) is 0.745. The Morgan fingerprint density at radius 3 is 2.90 bits per heavy atom. The maximum atomic E-state index is 10.4. The van der Waals surface area contributed by atoms with Gasteiger partial charge in [-0.2, -0.15) is 0 Å². The van der Waals surface area contributed by atoms with Crippen LogP contribution in [0.1, 0.15) is 26.7 Å². The zero-order valence-electron chi connectivity index (χ0n) is 6.63. The number of carbonyl (C=O) groups is 1. The lowest BCUT2D eigenvalue weighted by Gasteiger charge is -2.21. The lowest BCUT2D eigenvalue weighted by molar-refractivity contribution is -0.112. The van der Waals surface area contributed by atoms with Gasteiger partial charge in [-0.05, 0) is 25.7 Å². The van der Waals surface area contributed by atoms with Crippen LogP contribution in [-0.2, 0) is 4.79 Å². The summed E-state index contributed by atoms with van der Waals surface area (Å²) in [6, 6.07) is 0. The van der Waals surface area contributed by atoms with E-state index in [1.807, 2.05) is 0 Å². The fourth-order valence-corrected chi connectivity index (χ4v) is 1.50. The molecule has 2 atom stereocenters. The minimum absolute atomic E-state index is 0.281. The van der Waals surface area contributed by atoms with Crippen molar-refractivity contribution in [2.24, 2.45) is 11.8 Å². The Labute approximate surface area is 62.1 Å². The number of hydrogen-bond donors (Lipinski definition) is 0. The molecule has 0 saturated heterocycles. The third-order valence-electron chi connectivity index (χ3n) is 2.27. The largest absolute Gasteiger partial charge is 0.303 e. The van der Waals surface area contributed by atoms with Gasteiger partial charge in [0.05, 0.1) is 0 Å². The molecule has 1 rings (SSSR count). The third-order valence-corrected chi connectivity index (χ3v) is 2.27.